The van der Waals surface area contributed by atoms with E-state index in [2.05, 4.69) is 10.1 Å². The van der Waals surface area contributed by atoms with Gasteiger partial charge in [0.1, 0.15) is 6.54 Å². The summed E-state index contributed by atoms with van der Waals surface area (Å²) in [6.07, 6.45) is -3.30. The van der Waals surface area contributed by atoms with Gasteiger partial charge in [-0.05, 0) is 19.8 Å². The SMILES string of the molecule is Cc1noc(C2CCN(C(=O)[C@@H]3CC(=O)N(CC(F)(F)F)C3)CC2)n1. The fourth-order valence-electron chi connectivity index (χ4n) is 3.39. The molecule has 2 aliphatic rings. The summed E-state index contributed by atoms with van der Waals surface area (Å²) in [5.74, 6) is -0.376. The van der Waals surface area contributed by atoms with Gasteiger partial charge in [0.25, 0.3) is 0 Å². The van der Waals surface area contributed by atoms with Crippen LogP contribution in [0.4, 0.5) is 13.2 Å². The summed E-state index contributed by atoms with van der Waals surface area (Å²) < 4.78 is 42.5. The first kappa shape index (κ1) is 17.7. The number of aromatic nitrogens is 2. The van der Waals surface area contributed by atoms with Crippen molar-refractivity contribution >= 4 is 11.8 Å². The predicted molar refractivity (Wildman–Crippen MR) is 78.3 cm³/mol. The molecule has 10 heteroatoms. The number of hydrogen-bond acceptors (Lipinski definition) is 5. The molecule has 3 heterocycles. The van der Waals surface area contributed by atoms with Crippen LogP contribution >= 0.6 is 0 Å². The van der Waals surface area contributed by atoms with Crippen LogP contribution in [0, 0.1) is 12.8 Å². The molecule has 0 unspecified atom stereocenters. The molecule has 2 aliphatic heterocycles. The van der Waals surface area contributed by atoms with Gasteiger partial charge < -0.3 is 14.3 Å². The van der Waals surface area contributed by atoms with Crippen molar-refractivity contribution in [2.45, 2.75) is 38.3 Å². The number of carbonyl (C=O) groups excluding carboxylic acids is 2. The lowest BCUT2D eigenvalue weighted by Crippen LogP contribution is -2.42. The summed E-state index contributed by atoms with van der Waals surface area (Å²) in [5.41, 5.74) is 0. The normalized spacial score (nSPS) is 22.7. The number of likely N-dealkylation sites (tertiary alicyclic amines) is 2. The van der Waals surface area contributed by atoms with E-state index in [9.17, 15) is 22.8 Å². The average molecular weight is 360 g/mol. The van der Waals surface area contributed by atoms with Crippen LogP contribution in [0.1, 0.15) is 36.9 Å². The van der Waals surface area contributed by atoms with Crippen molar-refractivity contribution in [3.05, 3.63) is 11.7 Å². The van der Waals surface area contributed by atoms with Gasteiger partial charge in [-0.15, -0.1) is 0 Å². The van der Waals surface area contributed by atoms with Crippen molar-refractivity contribution in [3.63, 3.8) is 0 Å². The van der Waals surface area contributed by atoms with Crippen LogP contribution in [0.15, 0.2) is 4.52 Å². The zero-order valence-corrected chi connectivity index (χ0v) is 13.8. The quantitative estimate of drug-likeness (QED) is 0.816. The summed E-state index contributed by atoms with van der Waals surface area (Å²) in [7, 11) is 0. The maximum absolute atomic E-state index is 12.5. The Morgan fingerprint density at radius 1 is 1.32 bits per heavy atom. The van der Waals surface area contributed by atoms with E-state index in [1.54, 1.807) is 11.8 Å². The maximum Gasteiger partial charge on any atom is 0.406 e. The molecule has 0 spiro atoms. The third kappa shape index (κ3) is 4.10. The van der Waals surface area contributed by atoms with Crippen molar-refractivity contribution in [2.75, 3.05) is 26.2 Å². The second-order valence-electron chi connectivity index (χ2n) is 6.57. The van der Waals surface area contributed by atoms with Crippen LogP contribution in [-0.2, 0) is 9.59 Å². The number of hydrogen-bond donors (Lipinski definition) is 0. The Morgan fingerprint density at radius 2 is 2.00 bits per heavy atom. The molecular weight excluding hydrogens is 341 g/mol. The first-order valence-electron chi connectivity index (χ1n) is 8.16. The third-order valence-electron chi connectivity index (χ3n) is 4.63. The van der Waals surface area contributed by atoms with E-state index in [1.165, 1.54) is 0 Å². The number of halogens is 3. The Morgan fingerprint density at radius 3 is 2.56 bits per heavy atom. The minimum atomic E-state index is -4.45. The monoisotopic (exact) mass is 360 g/mol. The lowest BCUT2D eigenvalue weighted by atomic mass is 9.95. The molecular formula is C15H19F3N4O3. The summed E-state index contributed by atoms with van der Waals surface area (Å²) >= 11 is 0. The summed E-state index contributed by atoms with van der Waals surface area (Å²) in [5, 5.41) is 3.75. The highest BCUT2D eigenvalue weighted by Crippen LogP contribution is 2.30. The number of piperidine rings is 1. The molecule has 0 aromatic carbocycles. The topological polar surface area (TPSA) is 79.5 Å². The number of alkyl halides is 3. The van der Waals surface area contributed by atoms with Crippen LogP contribution in [0.3, 0.4) is 0 Å². The molecule has 2 fully saturated rings. The van der Waals surface area contributed by atoms with Gasteiger partial charge in [0.05, 0.1) is 5.92 Å². The van der Waals surface area contributed by atoms with Crippen molar-refractivity contribution < 1.29 is 27.3 Å². The first-order chi connectivity index (χ1) is 11.7. The predicted octanol–water partition coefficient (Wildman–Crippen LogP) is 1.49. The van der Waals surface area contributed by atoms with E-state index in [1.807, 2.05) is 0 Å². The first-order valence-corrected chi connectivity index (χ1v) is 8.16. The lowest BCUT2D eigenvalue weighted by Gasteiger charge is -2.32. The molecule has 0 N–H and O–H groups in total. The van der Waals surface area contributed by atoms with Gasteiger partial charge in [0.2, 0.25) is 17.7 Å². The number of rotatable bonds is 3. The van der Waals surface area contributed by atoms with Gasteiger partial charge in [-0.1, -0.05) is 5.16 Å². The highest BCUT2D eigenvalue weighted by molar-refractivity contribution is 5.89. The minimum Gasteiger partial charge on any atom is -0.342 e. The Kier molecular flexibility index (Phi) is 4.70. The highest BCUT2D eigenvalue weighted by Gasteiger charge is 2.42. The fourth-order valence-corrected chi connectivity index (χ4v) is 3.39. The Balaban J connectivity index is 1.54. The van der Waals surface area contributed by atoms with Gasteiger partial charge in [0, 0.05) is 32.0 Å². The average Bonchev–Trinajstić information content (AvgIpc) is 3.12. The van der Waals surface area contributed by atoms with E-state index >= 15 is 0 Å². The molecule has 138 valence electrons. The Hall–Kier alpha value is -2.13. The molecule has 25 heavy (non-hydrogen) atoms. The standard InChI is InChI=1S/C15H19F3N4O3/c1-9-19-13(25-20-9)10-2-4-21(5-3-10)14(24)11-6-12(23)22(7-11)8-15(16,17)18/h10-11H,2-8H2,1H3/t11-/m1/s1. The molecule has 3 rings (SSSR count). The third-order valence-corrected chi connectivity index (χ3v) is 4.63. The van der Waals surface area contributed by atoms with Crippen molar-refractivity contribution in [1.29, 1.82) is 0 Å². The van der Waals surface area contributed by atoms with Crippen molar-refractivity contribution in [3.8, 4) is 0 Å². The largest absolute Gasteiger partial charge is 0.406 e. The number of carbonyl (C=O) groups is 2. The molecule has 1 aromatic rings. The van der Waals surface area contributed by atoms with E-state index in [-0.39, 0.29) is 24.8 Å². The zero-order valence-electron chi connectivity index (χ0n) is 13.8. The second kappa shape index (κ2) is 6.64. The molecule has 7 nitrogen and oxygen atoms in total. The number of nitrogens with zero attached hydrogens (tertiary/aromatic N) is 4. The van der Waals surface area contributed by atoms with E-state index in [4.69, 9.17) is 4.52 Å². The Labute approximate surface area is 142 Å². The summed E-state index contributed by atoms with van der Waals surface area (Å²) in [6, 6.07) is 0. The van der Waals surface area contributed by atoms with Crippen molar-refractivity contribution in [1.82, 2.24) is 19.9 Å². The molecule has 2 saturated heterocycles. The summed E-state index contributed by atoms with van der Waals surface area (Å²) in [6.45, 7) is 1.20. The molecule has 0 radical (unpaired) electrons. The van der Waals surface area contributed by atoms with Gasteiger partial charge in [-0.2, -0.15) is 18.2 Å². The van der Waals surface area contributed by atoms with Gasteiger partial charge in [-0.3, -0.25) is 9.59 Å². The molecule has 0 bridgehead atoms. The molecule has 1 atom stereocenters. The minimum absolute atomic E-state index is 0.0807. The van der Waals surface area contributed by atoms with Gasteiger partial charge >= 0.3 is 6.18 Å². The van der Waals surface area contributed by atoms with Crippen LogP contribution in [0.2, 0.25) is 0 Å². The van der Waals surface area contributed by atoms with E-state index < -0.39 is 24.5 Å². The summed E-state index contributed by atoms with van der Waals surface area (Å²) in [4.78, 5) is 30.8. The van der Waals surface area contributed by atoms with Crippen LogP contribution in [0.5, 0.6) is 0 Å². The maximum atomic E-state index is 12.5. The molecule has 1 aromatic heterocycles. The Bertz CT molecular complexity index is 653. The van der Waals surface area contributed by atoms with E-state index in [0.717, 1.165) is 4.90 Å². The van der Waals surface area contributed by atoms with Crippen molar-refractivity contribution in [2.24, 2.45) is 5.92 Å². The fraction of sp³-hybridized carbons (Fsp3) is 0.733. The van der Waals surface area contributed by atoms with Crippen LogP contribution in [-0.4, -0.2) is 64.1 Å². The zero-order chi connectivity index (χ0) is 18.2. The van der Waals surface area contributed by atoms with Gasteiger partial charge in [0.15, 0.2) is 5.82 Å². The number of aryl methyl sites for hydroxylation is 1. The lowest BCUT2D eigenvalue weighted by molar-refractivity contribution is -0.157. The smallest absolute Gasteiger partial charge is 0.342 e. The van der Waals surface area contributed by atoms with Crippen LogP contribution in [0.25, 0.3) is 0 Å². The van der Waals surface area contributed by atoms with Gasteiger partial charge in [-0.25, -0.2) is 0 Å². The highest BCUT2D eigenvalue weighted by atomic mass is 19.4. The van der Waals surface area contributed by atoms with E-state index in [0.29, 0.717) is 37.6 Å². The van der Waals surface area contributed by atoms with Crippen LogP contribution < -0.4 is 0 Å². The number of amides is 2. The second-order valence-corrected chi connectivity index (χ2v) is 6.57. The molecule has 0 saturated carbocycles. The molecule has 0 aliphatic carbocycles. The molecule has 2 amide bonds.